The minimum absolute atomic E-state index is 0.398. The predicted octanol–water partition coefficient (Wildman–Crippen LogP) is 2.97. The Hall–Kier alpha value is -1.20. The van der Waals surface area contributed by atoms with Crippen LogP contribution in [-0.2, 0) is 0 Å². The molecule has 0 saturated carbocycles. The van der Waals surface area contributed by atoms with E-state index >= 15 is 0 Å². The minimum atomic E-state index is 0.398. The summed E-state index contributed by atoms with van der Waals surface area (Å²) in [6.45, 7) is 2.05. The average Bonchev–Trinajstić information content (AvgIpc) is 2.90. The van der Waals surface area contributed by atoms with Crippen molar-refractivity contribution >= 4 is 15.9 Å². The van der Waals surface area contributed by atoms with Crippen molar-refractivity contribution < 1.29 is 4.52 Å². The van der Waals surface area contributed by atoms with Crippen molar-refractivity contribution in [2.75, 3.05) is 13.1 Å². The van der Waals surface area contributed by atoms with Crippen molar-refractivity contribution in [2.24, 2.45) is 0 Å². The van der Waals surface area contributed by atoms with Crippen molar-refractivity contribution in [3.8, 4) is 11.4 Å². The van der Waals surface area contributed by atoms with Gasteiger partial charge in [0.2, 0.25) is 11.7 Å². The third-order valence-corrected chi connectivity index (χ3v) is 3.94. The smallest absolute Gasteiger partial charge is 0.230 e. The van der Waals surface area contributed by atoms with Gasteiger partial charge in [0.05, 0.1) is 0 Å². The highest BCUT2D eigenvalue weighted by molar-refractivity contribution is 9.10. The van der Waals surface area contributed by atoms with Crippen LogP contribution in [0.1, 0.15) is 24.7 Å². The normalized spacial score (nSPS) is 16.9. The van der Waals surface area contributed by atoms with Crippen LogP contribution < -0.4 is 5.32 Å². The van der Waals surface area contributed by atoms with Crippen LogP contribution in [0, 0.1) is 0 Å². The van der Waals surface area contributed by atoms with Gasteiger partial charge in [-0.1, -0.05) is 33.2 Å². The summed E-state index contributed by atoms with van der Waals surface area (Å²) in [5.74, 6) is 1.83. The van der Waals surface area contributed by atoms with Gasteiger partial charge < -0.3 is 9.84 Å². The van der Waals surface area contributed by atoms with Crippen LogP contribution in [0.2, 0.25) is 0 Å². The van der Waals surface area contributed by atoms with Gasteiger partial charge in [-0.05, 0) is 38.1 Å². The van der Waals surface area contributed by atoms with E-state index in [4.69, 9.17) is 4.52 Å². The topological polar surface area (TPSA) is 51.0 Å². The van der Waals surface area contributed by atoms with Gasteiger partial charge in [0.25, 0.3) is 0 Å². The highest BCUT2D eigenvalue weighted by Gasteiger charge is 2.22. The molecular formula is C13H14BrN3O. The van der Waals surface area contributed by atoms with E-state index in [0.717, 1.165) is 41.9 Å². The number of hydrogen-bond acceptors (Lipinski definition) is 4. The summed E-state index contributed by atoms with van der Waals surface area (Å²) < 4.78 is 6.39. The van der Waals surface area contributed by atoms with Gasteiger partial charge in [-0.3, -0.25) is 0 Å². The molecule has 1 aliphatic heterocycles. The van der Waals surface area contributed by atoms with Crippen LogP contribution in [0.5, 0.6) is 0 Å². The van der Waals surface area contributed by atoms with E-state index in [9.17, 15) is 0 Å². The molecule has 1 aromatic carbocycles. The maximum atomic E-state index is 5.40. The minimum Gasteiger partial charge on any atom is -0.339 e. The molecule has 0 unspecified atom stereocenters. The molecule has 1 aromatic heterocycles. The van der Waals surface area contributed by atoms with Crippen molar-refractivity contribution in [1.29, 1.82) is 0 Å². The van der Waals surface area contributed by atoms with Gasteiger partial charge in [-0.15, -0.1) is 0 Å². The van der Waals surface area contributed by atoms with Gasteiger partial charge in [0.15, 0.2) is 0 Å². The van der Waals surface area contributed by atoms with E-state index < -0.39 is 0 Å². The molecule has 0 amide bonds. The van der Waals surface area contributed by atoms with E-state index in [0.29, 0.717) is 11.7 Å². The third kappa shape index (κ3) is 2.33. The average molecular weight is 308 g/mol. The van der Waals surface area contributed by atoms with Crippen molar-refractivity contribution in [3.05, 3.63) is 34.6 Å². The second-order valence-electron chi connectivity index (χ2n) is 4.46. The molecule has 1 saturated heterocycles. The standard InChI is InChI=1S/C13H14BrN3O/c14-11-4-2-1-3-10(11)12-16-13(18-17-12)9-5-7-15-8-6-9/h1-4,9,15H,5-8H2. The molecule has 0 radical (unpaired) electrons. The zero-order valence-electron chi connectivity index (χ0n) is 9.90. The second kappa shape index (κ2) is 5.20. The molecule has 18 heavy (non-hydrogen) atoms. The van der Waals surface area contributed by atoms with Crippen molar-refractivity contribution in [3.63, 3.8) is 0 Å². The van der Waals surface area contributed by atoms with Gasteiger partial charge >= 0.3 is 0 Å². The molecule has 3 rings (SSSR count). The maximum absolute atomic E-state index is 5.40. The molecule has 0 aliphatic carbocycles. The molecule has 1 N–H and O–H groups in total. The molecular weight excluding hydrogens is 294 g/mol. The monoisotopic (exact) mass is 307 g/mol. The lowest BCUT2D eigenvalue weighted by Crippen LogP contribution is -2.26. The fourth-order valence-corrected chi connectivity index (χ4v) is 2.68. The molecule has 2 aromatic rings. The van der Waals surface area contributed by atoms with Crippen LogP contribution in [0.25, 0.3) is 11.4 Å². The first-order valence-corrected chi connectivity index (χ1v) is 6.93. The number of halogens is 1. The number of benzene rings is 1. The first-order valence-electron chi connectivity index (χ1n) is 6.14. The van der Waals surface area contributed by atoms with Crippen LogP contribution >= 0.6 is 15.9 Å². The van der Waals surface area contributed by atoms with Gasteiger partial charge in [0.1, 0.15) is 0 Å². The predicted molar refractivity (Wildman–Crippen MR) is 72.3 cm³/mol. The SMILES string of the molecule is Brc1ccccc1-c1noc(C2CCNCC2)n1. The van der Waals surface area contributed by atoms with Crippen LogP contribution in [-0.4, -0.2) is 23.2 Å². The first-order chi connectivity index (χ1) is 8.84. The Bertz CT molecular complexity index is 535. The molecule has 0 bridgehead atoms. The van der Waals surface area contributed by atoms with Gasteiger partial charge in [0, 0.05) is 16.0 Å². The number of rotatable bonds is 2. The van der Waals surface area contributed by atoms with Gasteiger partial charge in [-0.25, -0.2) is 0 Å². The Kier molecular flexibility index (Phi) is 3.43. The number of hydrogen-bond donors (Lipinski definition) is 1. The lowest BCUT2D eigenvalue weighted by Gasteiger charge is -2.18. The lowest BCUT2D eigenvalue weighted by atomic mass is 9.98. The Morgan fingerprint density at radius 2 is 2.00 bits per heavy atom. The molecule has 1 fully saturated rings. The second-order valence-corrected chi connectivity index (χ2v) is 5.31. The van der Waals surface area contributed by atoms with E-state index in [-0.39, 0.29) is 0 Å². The Balaban J connectivity index is 1.87. The molecule has 0 atom stereocenters. The zero-order valence-corrected chi connectivity index (χ0v) is 11.5. The number of aromatic nitrogens is 2. The summed E-state index contributed by atoms with van der Waals surface area (Å²) in [6.07, 6.45) is 2.13. The van der Waals surface area contributed by atoms with Crippen LogP contribution in [0.3, 0.4) is 0 Å². The summed E-state index contributed by atoms with van der Waals surface area (Å²) in [5.41, 5.74) is 0.974. The molecule has 4 nitrogen and oxygen atoms in total. The molecule has 94 valence electrons. The molecule has 2 heterocycles. The van der Waals surface area contributed by atoms with E-state index in [2.05, 4.69) is 31.4 Å². The Morgan fingerprint density at radius 3 is 2.78 bits per heavy atom. The lowest BCUT2D eigenvalue weighted by molar-refractivity contribution is 0.320. The van der Waals surface area contributed by atoms with Crippen molar-refractivity contribution in [1.82, 2.24) is 15.5 Å². The van der Waals surface area contributed by atoms with Crippen LogP contribution in [0.15, 0.2) is 33.3 Å². The van der Waals surface area contributed by atoms with E-state index in [1.54, 1.807) is 0 Å². The summed E-state index contributed by atoms with van der Waals surface area (Å²) in [7, 11) is 0. The fourth-order valence-electron chi connectivity index (χ4n) is 2.22. The molecule has 1 aliphatic rings. The Morgan fingerprint density at radius 1 is 1.22 bits per heavy atom. The summed E-state index contributed by atoms with van der Waals surface area (Å²) in [6, 6.07) is 7.92. The number of piperidine rings is 1. The third-order valence-electron chi connectivity index (χ3n) is 3.24. The van der Waals surface area contributed by atoms with Crippen molar-refractivity contribution in [2.45, 2.75) is 18.8 Å². The first kappa shape index (κ1) is 11.9. The Labute approximate surface area is 114 Å². The zero-order chi connectivity index (χ0) is 12.4. The summed E-state index contributed by atoms with van der Waals surface area (Å²) >= 11 is 3.51. The highest BCUT2D eigenvalue weighted by atomic mass is 79.9. The quantitative estimate of drug-likeness (QED) is 0.926. The summed E-state index contributed by atoms with van der Waals surface area (Å²) in [5, 5.41) is 7.42. The largest absolute Gasteiger partial charge is 0.339 e. The van der Waals surface area contributed by atoms with Crippen LogP contribution in [0.4, 0.5) is 0 Å². The van der Waals surface area contributed by atoms with Gasteiger partial charge in [-0.2, -0.15) is 4.98 Å². The molecule has 0 spiro atoms. The van der Waals surface area contributed by atoms with E-state index in [1.807, 2.05) is 24.3 Å². The fraction of sp³-hybridized carbons (Fsp3) is 0.385. The highest BCUT2D eigenvalue weighted by Crippen LogP contribution is 2.29. The number of nitrogens with zero attached hydrogens (tertiary/aromatic N) is 2. The summed E-state index contributed by atoms with van der Waals surface area (Å²) in [4.78, 5) is 4.53. The maximum Gasteiger partial charge on any atom is 0.230 e. The number of nitrogens with one attached hydrogen (secondary N) is 1. The van der Waals surface area contributed by atoms with E-state index in [1.165, 1.54) is 0 Å². The molecule has 5 heteroatoms.